The Balaban J connectivity index is 2.27. The molecule has 0 aliphatic carbocycles. The molecule has 0 fully saturated rings. The number of aryl methyl sites for hydroxylation is 2. The van der Waals surface area contributed by atoms with Crippen molar-refractivity contribution in [1.82, 2.24) is 5.32 Å². The van der Waals surface area contributed by atoms with Gasteiger partial charge in [-0.05, 0) is 50.6 Å². The maximum Gasteiger partial charge on any atom is 0.261 e. The van der Waals surface area contributed by atoms with Crippen LogP contribution in [0.2, 0.25) is 0 Å². The second-order valence-corrected chi connectivity index (χ2v) is 7.69. The fourth-order valence-electron chi connectivity index (χ4n) is 2.18. The summed E-state index contributed by atoms with van der Waals surface area (Å²) in [6.45, 7) is 5.29. The fourth-order valence-corrected chi connectivity index (χ4v) is 3.27. The second kappa shape index (κ2) is 7.67. The largest absolute Gasteiger partial charge is 0.392 e. The van der Waals surface area contributed by atoms with E-state index in [2.05, 4.69) is 10.0 Å². The lowest BCUT2D eigenvalue weighted by Gasteiger charge is -2.12. The van der Waals surface area contributed by atoms with Gasteiger partial charge >= 0.3 is 0 Å². The number of hydrogen-bond acceptors (Lipinski definition) is 4. The van der Waals surface area contributed by atoms with Gasteiger partial charge in [0.25, 0.3) is 15.9 Å². The third-order valence-electron chi connectivity index (χ3n) is 3.63. The third kappa shape index (κ3) is 5.04. The molecule has 0 aliphatic rings. The maximum atomic E-state index is 12.6. The predicted octanol–water partition coefficient (Wildman–Crippen LogP) is 2.21. The van der Waals surface area contributed by atoms with Gasteiger partial charge in [0.15, 0.2) is 0 Å². The van der Waals surface area contributed by atoms with E-state index in [1.54, 1.807) is 32.0 Å². The van der Waals surface area contributed by atoms with Crippen LogP contribution < -0.4 is 10.0 Å². The van der Waals surface area contributed by atoms with Crippen molar-refractivity contribution < 1.29 is 18.3 Å². The highest BCUT2D eigenvalue weighted by Crippen LogP contribution is 2.19. The summed E-state index contributed by atoms with van der Waals surface area (Å²) < 4.78 is 27.6. The van der Waals surface area contributed by atoms with Crippen LogP contribution in [0.25, 0.3) is 0 Å². The van der Waals surface area contributed by atoms with Crippen molar-refractivity contribution in [3.8, 4) is 0 Å². The molecule has 0 spiro atoms. The monoisotopic (exact) mass is 362 g/mol. The molecule has 7 heteroatoms. The Hall–Kier alpha value is -2.38. The number of aliphatic hydroxyl groups excluding tert-OH is 1. The number of anilines is 1. The minimum Gasteiger partial charge on any atom is -0.392 e. The van der Waals surface area contributed by atoms with Crippen molar-refractivity contribution in [3.05, 3.63) is 59.2 Å². The summed E-state index contributed by atoms with van der Waals surface area (Å²) in [7, 11) is -3.81. The molecule has 3 N–H and O–H groups in total. The predicted molar refractivity (Wildman–Crippen MR) is 97.2 cm³/mol. The Kier molecular flexibility index (Phi) is 5.81. The SMILES string of the molecule is Cc1ccc(NS(=O)(=O)c2ccc(C)c(C(=O)NCC(C)O)c2)cc1. The molecular formula is C18H22N2O4S. The first-order chi connectivity index (χ1) is 11.7. The summed E-state index contributed by atoms with van der Waals surface area (Å²) in [4.78, 5) is 12.2. The highest BCUT2D eigenvalue weighted by atomic mass is 32.2. The Morgan fingerprint density at radius 2 is 1.76 bits per heavy atom. The van der Waals surface area contributed by atoms with Crippen LogP contribution in [0.1, 0.15) is 28.4 Å². The minimum atomic E-state index is -3.81. The number of benzene rings is 2. The van der Waals surface area contributed by atoms with Crippen LogP contribution in [0.15, 0.2) is 47.4 Å². The number of carbonyl (C=O) groups is 1. The number of sulfonamides is 1. The first kappa shape index (κ1) is 19.0. The third-order valence-corrected chi connectivity index (χ3v) is 5.00. The van der Waals surface area contributed by atoms with Crippen LogP contribution in [0.5, 0.6) is 0 Å². The molecule has 0 heterocycles. The number of hydrogen-bond donors (Lipinski definition) is 3. The molecule has 2 aromatic carbocycles. The van der Waals surface area contributed by atoms with E-state index in [1.165, 1.54) is 12.1 Å². The first-order valence-corrected chi connectivity index (χ1v) is 9.34. The summed E-state index contributed by atoms with van der Waals surface area (Å²) in [5.74, 6) is -0.425. The zero-order chi connectivity index (χ0) is 18.6. The zero-order valence-corrected chi connectivity index (χ0v) is 15.2. The minimum absolute atomic E-state index is 0.000807. The van der Waals surface area contributed by atoms with Crippen molar-refractivity contribution in [2.75, 3.05) is 11.3 Å². The molecule has 0 bridgehead atoms. The summed E-state index contributed by atoms with van der Waals surface area (Å²) in [6, 6.07) is 11.3. The molecule has 0 saturated heterocycles. The van der Waals surface area contributed by atoms with Gasteiger partial charge in [0.1, 0.15) is 0 Å². The molecule has 0 saturated carbocycles. The Labute approximate surface area is 147 Å². The quantitative estimate of drug-likeness (QED) is 0.734. The zero-order valence-electron chi connectivity index (χ0n) is 14.4. The summed E-state index contributed by atoms with van der Waals surface area (Å²) >= 11 is 0. The average molecular weight is 362 g/mol. The van der Waals surface area contributed by atoms with E-state index in [4.69, 9.17) is 0 Å². The molecule has 0 radical (unpaired) electrons. The molecular weight excluding hydrogens is 340 g/mol. The normalized spacial score (nSPS) is 12.5. The van der Waals surface area contributed by atoms with E-state index in [9.17, 15) is 18.3 Å². The van der Waals surface area contributed by atoms with Crippen molar-refractivity contribution >= 4 is 21.6 Å². The molecule has 2 rings (SSSR count). The highest BCUT2D eigenvalue weighted by molar-refractivity contribution is 7.92. The lowest BCUT2D eigenvalue weighted by molar-refractivity contribution is 0.0923. The number of rotatable bonds is 6. The van der Waals surface area contributed by atoms with Gasteiger partial charge in [0.05, 0.1) is 11.0 Å². The van der Waals surface area contributed by atoms with Gasteiger partial charge in [0, 0.05) is 17.8 Å². The van der Waals surface area contributed by atoms with Crippen LogP contribution in [-0.2, 0) is 10.0 Å². The van der Waals surface area contributed by atoms with Gasteiger partial charge in [-0.1, -0.05) is 23.8 Å². The molecule has 0 aromatic heterocycles. The van der Waals surface area contributed by atoms with Gasteiger partial charge in [-0.15, -0.1) is 0 Å². The fraction of sp³-hybridized carbons (Fsp3) is 0.278. The summed E-state index contributed by atoms with van der Waals surface area (Å²) in [5.41, 5.74) is 2.38. The van der Waals surface area contributed by atoms with Crippen molar-refractivity contribution in [1.29, 1.82) is 0 Å². The van der Waals surface area contributed by atoms with Crippen molar-refractivity contribution in [3.63, 3.8) is 0 Å². The van der Waals surface area contributed by atoms with Gasteiger partial charge in [-0.25, -0.2) is 8.42 Å². The standard InChI is InChI=1S/C18H22N2O4S/c1-12-4-7-15(8-5-12)20-25(23,24)16-9-6-13(2)17(10-16)18(22)19-11-14(3)21/h4-10,14,20-21H,11H2,1-3H3,(H,19,22). The number of nitrogens with one attached hydrogen (secondary N) is 2. The Morgan fingerprint density at radius 3 is 2.36 bits per heavy atom. The van der Waals surface area contributed by atoms with Crippen LogP contribution >= 0.6 is 0 Å². The smallest absolute Gasteiger partial charge is 0.261 e. The van der Waals surface area contributed by atoms with E-state index in [-0.39, 0.29) is 17.0 Å². The molecule has 1 atom stereocenters. The van der Waals surface area contributed by atoms with Gasteiger partial charge in [-0.2, -0.15) is 0 Å². The van der Waals surface area contributed by atoms with E-state index in [0.717, 1.165) is 5.56 Å². The first-order valence-electron chi connectivity index (χ1n) is 7.85. The van der Waals surface area contributed by atoms with Crippen LogP contribution in [0.3, 0.4) is 0 Å². The number of amides is 1. The Bertz CT molecular complexity index is 859. The molecule has 0 aliphatic heterocycles. The van der Waals surface area contributed by atoms with E-state index in [0.29, 0.717) is 11.3 Å². The van der Waals surface area contributed by atoms with Gasteiger partial charge < -0.3 is 10.4 Å². The lowest BCUT2D eigenvalue weighted by atomic mass is 10.1. The molecule has 25 heavy (non-hydrogen) atoms. The van der Waals surface area contributed by atoms with Crippen LogP contribution in [0, 0.1) is 13.8 Å². The van der Waals surface area contributed by atoms with Gasteiger partial charge in [0.2, 0.25) is 0 Å². The molecule has 134 valence electrons. The highest BCUT2D eigenvalue weighted by Gasteiger charge is 2.18. The number of aliphatic hydroxyl groups is 1. The average Bonchev–Trinajstić information content (AvgIpc) is 2.54. The second-order valence-electron chi connectivity index (χ2n) is 6.01. The van der Waals surface area contributed by atoms with Gasteiger partial charge in [-0.3, -0.25) is 9.52 Å². The topological polar surface area (TPSA) is 95.5 Å². The van der Waals surface area contributed by atoms with Crippen molar-refractivity contribution in [2.45, 2.75) is 31.8 Å². The molecule has 2 aromatic rings. The summed E-state index contributed by atoms with van der Waals surface area (Å²) in [6.07, 6.45) is -0.681. The lowest BCUT2D eigenvalue weighted by Crippen LogP contribution is -2.31. The van der Waals surface area contributed by atoms with Crippen LogP contribution in [0.4, 0.5) is 5.69 Å². The van der Waals surface area contributed by atoms with E-state index in [1.807, 2.05) is 19.1 Å². The van der Waals surface area contributed by atoms with E-state index < -0.39 is 22.0 Å². The van der Waals surface area contributed by atoms with E-state index >= 15 is 0 Å². The maximum absolute atomic E-state index is 12.6. The molecule has 1 amide bonds. The summed E-state index contributed by atoms with van der Waals surface area (Å²) in [5, 5.41) is 11.8. The van der Waals surface area contributed by atoms with Crippen LogP contribution in [-0.4, -0.2) is 32.1 Å². The molecule has 1 unspecified atom stereocenters. The Morgan fingerprint density at radius 1 is 1.12 bits per heavy atom. The number of carbonyl (C=O) groups excluding carboxylic acids is 1. The van der Waals surface area contributed by atoms with Crippen molar-refractivity contribution in [2.24, 2.45) is 0 Å². The molecule has 6 nitrogen and oxygen atoms in total.